The minimum Gasteiger partial charge on any atom is -0.400 e. The van der Waals surface area contributed by atoms with Crippen molar-refractivity contribution >= 4 is 7.12 Å². The van der Waals surface area contributed by atoms with Crippen molar-refractivity contribution < 1.29 is 14.4 Å². The van der Waals surface area contributed by atoms with Crippen molar-refractivity contribution in [3.05, 3.63) is 48.0 Å². The number of rotatable bonds is 8. The Labute approximate surface area is 160 Å². The molecule has 1 heterocycles. The zero-order valence-corrected chi connectivity index (χ0v) is 17.3. The highest BCUT2D eigenvalue weighted by Gasteiger charge is 2.52. The largest absolute Gasteiger partial charge is 0.487 e. The van der Waals surface area contributed by atoms with Crippen LogP contribution in [-0.4, -0.2) is 29.0 Å². The van der Waals surface area contributed by atoms with Crippen LogP contribution < -0.4 is 0 Å². The molecule has 0 aromatic rings. The van der Waals surface area contributed by atoms with Crippen LogP contribution in [0.3, 0.4) is 0 Å². The predicted octanol–water partition coefficient (Wildman–Crippen LogP) is 5.17. The Morgan fingerprint density at radius 2 is 1.81 bits per heavy atom. The molecule has 1 aliphatic heterocycles. The normalized spacial score (nSPS) is 25.6. The van der Waals surface area contributed by atoms with Crippen LogP contribution >= 0.6 is 0 Å². The maximum Gasteiger partial charge on any atom is 0.487 e. The van der Waals surface area contributed by atoms with Crippen LogP contribution in [0.25, 0.3) is 0 Å². The fourth-order valence-corrected chi connectivity index (χ4v) is 3.53. The molecule has 3 nitrogen and oxygen atoms in total. The maximum absolute atomic E-state index is 11.8. The van der Waals surface area contributed by atoms with Crippen molar-refractivity contribution in [1.29, 1.82) is 0 Å². The van der Waals surface area contributed by atoms with Gasteiger partial charge >= 0.3 is 7.12 Å². The van der Waals surface area contributed by atoms with Crippen LogP contribution in [0.4, 0.5) is 0 Å². The van der Waals surface area contributed by atoms with E-state index in [1.165, 1.54) is 0 Å². The van der Waals surface area contributed by atoms with Gasteiger partial charge in [-0.2, -0.15) is 0 Å². The molecule has 0 radical (unpaired) electrons. The van der Waals surface area contributed by atoms with E-state index in [1.54, 1.807) is 6.08 Å². The van der Waals surface area contributed by atoms with E-state index < -0.39 is 12.7 Å². The Balaban J connectivity index is 2.44. The fourth-order valence-electron chi connectivity index (χ4n) is 3.53. The average molecular weight is 358 g/mol. The first kappa shape index (κ1) is 21.2. The van der Waals surface area contributed by atoms with E-state index >= 15 is 0 Å². The molecule has 1 saturated heterocycles. The van der Waals surface area contributed by atoms with Gasteiger partial charge in [0.15, 0.2) is 0 Å². The van der Waals surface area contributed by atoms with Gasteiger partial charge in [-0.3, -0.25) is 0 Å². The van der Waals surface area contributed by atoms with E-state index in [0.717, 1.165) is 36.8 Å². The third-order valence-corrected chi connectivity index (χ3v) is 5.91. The third-order valence-electron chi connectivity index (χ3n) is 5.91. The molecule has 1 aliphatic carbocycles. The topological polar surface area (TPSA) is 38.7 Å². The number of allylic oxidation sites excluding steroid dienone is 3. The summed E-state index contributed by atoms with van der Waals surface area (Å²) in [6.07, 6.45) is 11.5. The lowest BCUT2D eigenvalue weighted by Crippen LogP contribution is -2.41. The van der Waals surface area contributed by atoms with Crippen LogP contribution in [0.1, 0.15) is 67.2 Å². The number of hydrogen-bond donors (Lipinski definition) is 1. The van der Waals surface area contributed by atoms with E-state index in [-0.39, 0.29) is 17.1 Å². The number of aliphatic hydroxyl groups is 1. The molecule has 0 bridgehead atoms. The first-order valence-electron chi connectivity index (χ1n) is 9.87. The molecular formula is C22H35BO3. The summed E-state index contributed by atoms with van der Waals surface area (Å²) >= 11 is 0. The van der Waals surface area contributed by atoms with Gasteiger partial charge in [-0.05, 0) is 70.9 Å². The molecule has 1 atom stereocenters. The molecule has 2 aliphatic rings. The highest BCUT2D eigenvalue weighted by molar-refractivity contribution is 6.51. The molecule has 1 saturated carbocycles. The lowest BCUT2D eigenvalue weighted by atomic mass is 9.73. The predicted molar refractivity (Wildman–Crippen MR) is 110 cm³/mol. The summed E-state index contributed by atoms with van der Waals surface area (Å²) in [6, 6.07) is 0. The van der Waals surface area contributed by atoms with Gasteiger partial charge < -0.3 is 14.4 Å². The summed E-state index contributed by atoms with van der Waals surface area (Å²) in [6.45, 7) is 16.3. The Morgan fingerprint density at radius 3 is 2.23 bits per heavy atom. The lowest BCUT2D eigenvalue weighted by molar-refractivity contribution is 0.00578. The summed E-state index contributed by atoms with van der Waals surface area (Å²) in [5.41, 5.74) is 0.0723. The monoisotopic (exact) mass is 358 g/mol. The van der Waals surface area contributed by atoms with Crippen LogP contribution in [0, 0.1) is 5.92 Å². The second-order valence-corrected chi connectivity index (χ2v) is 8.46. The average Bonchev–Trinajstić information content (AvgIpc) is 3.36. The van der Waals surface area contributed by atoms with Crippen molar-refractivity contribution in [2.75, 3.05) is 0 Å². The van der Waals surface area contributed by atoms with Gasteiger partial charge in [0.1, 0.15) is 5.60 Å². The molecule has 0 amide bonds. The smallest absolute Gasteiger partial charge is 0.400 e. The second kappa shape index (κ2) is 7.88. The SMILES string of the molecule is C=C/C(=C\C=C/C)C(O)(/C(=C/B1OC(C)(C)C(C)(C)O1)CCC)C1CC1. The van der Waals surface area contributed by atoms with E-state index in [1.807, 2.05) is 31.1 Å². The van der Waals surface area contributed by atoms with Gasteiger partial charge in [-0.25, -0.2) is 0 Å². The zero-order valence-electron chi connectivity index (χ0n) is 17.3. The minimum atomic E-state index is -0.999. The highest BCUT2D eigenvalue weighted by atomic mass is 16.7. The van der Waals surface area contributed by atoms with Gasteiger partial charge in [0, 0.05) is 0 Å². The summed E-state index contributed by atoms with van der Waals surface area (Å²) in [7, 11) is -0.445. The Morgan fingerprint density at radius 1 is 1.23 bits per heavy atom. The van der Waals surface area contributed by atoms with E-state index in [2.05, 4.69) is 41.2 Å². The Kier molecular flexibility index (Phi) is 6.42. The van der Waals surface area contributed by atoms with Crippen molar-refractivity contribution in [1.82, 2.24) is 0 Å². The van der Waals surface area contributed by atoms with Crippen LogP contribution in [0.15, 0.2) is 48.0 Å². The van der Waals surface area contributed by atoms with E-state index in [4.69, 9.17) is 9.31 Å². The quantitative estimate of drug-likeness (QED) is 0.480. The van der Waals surface area contributed by atoms with Gasteiger partial charge in [-0.15, -0.1) is 0 Å². The first-order chi connectivity index (χ1) is 12.1. The van der Waals surface area contributed by atoms with E-state index in [0.29, 0.717) is 0 Å². The van der Waals surface area contributed by atoms with Crippen LogP contribution in [0.5, 0.6) is 0 Å². The van der Waals surface area contributed by atoms with E-state index in [9.17, 15) is 5.11 Å². The first-order valence-corrected chi connectivity index (χ1v) is 9.87. The lowest BCUT2D eigenvalue weighted by Gasteiger charge is -2.33. The zero-order chi connectivity index (χ0) is 19.6. The molecule has 144 valence electrons. The Bertz CT molecular complexity index is 595. The molecule has 0 aromatic heterocycles. The summed E-state index contributed by atoms with van der Waals surface area (Å²) < 4.78 is 12.3. The molecule has 4 heteroatoms. The summed E-state index contributed by atoms with van der Waals surface area (Å²) in [4.78, 5) is 0. The summed E-state index contributed by atoms with van der Waals surface area (Å²) in [5.74, 6) is 2.24. The van der Waals surface area contributed by atoms with Crippen molar-refractivity contribution in [3.8, 4) is 0 Å². The molecular weight excluding hydrogens is 323 g/mol. The molecule has 2 fully saturated rings. The second-order valence-electron chi connectivity index (χ2n) is 8.46. The van der Waals surface area contributed by atoms with Gasteiger partial charge in [0.2, 0.25) is 0 Å². The summed E-state index contributed by atoms with van der Waals surface area (Å²) in [5, 5.41) is 11.8. The minimum absolute atomic E-state index is 0.234. The molecule has 0 spiro atoms. The van der Waals surface area contributed by atoms with Crippen molar-refractivity contribution in [3.63, 3.8) is 0 Å². The Hall–Kier alpha value is -1.10. The maximum atomic E-state index is 11.8. The van der Waals surface area contributed by atoms with Crippen LogP contribution in [0.2, 0.25) is 0 Å². The van der Waals surface area contributed by atoms with Gasteiger partial charge in [-0.1, -0.05) is 50.2 Å². The molecule has 2 rings (SSSR count). The fraction of sp³-hybridized carbons (Fsp3) is 0.636. The molecule has 0 aromatic carbocycles. The molecule has 26 heavy (non-hydrogen) atoms. The van der Waals surface area contributed by atoms with Gasteiger partial charge in [0.05, 0.1) is 11.2 Å². The van der Waals surface area contributed by atoms with Gasteiger partial charge in [0.25, 0.3) is 0 Å². The number of hydrogen-bond acceptors (Lipinski definition) is 3. The molecule has 1 unspecified atom stereocenters. The third kappa shape index (κ3) is 4.08. The molecule has 1 N–H and O–H groups in total. The standard InChI is InChI=1S/C22H35BO3/c1-8-11-13-17(10-3)22(24,18-14-15-18)19(12-9-2)16-23-25-20(4,5)21(6,7)26-23/h8,10-11,13,16,18,24H,3,9,12,14-15H2,1-2,4-7H3/b11-8-,17-13+,19-16+. The van der Waals surface area contributed by atoms with Crippen molar-refractivity contribution in [2.24, 2.45) is 5.92 Å². The van der Waals surface area contributed by atoms with Crippen LogP contribution in [-0.2, 0) is 9.31 Å². The highest BCUT2D eigenvalue weighted by Crippen LogP contribution is 2.49. The van der Waals surface area contributed by atoms with Crippen molar-refractivity contribution in [2.45, 2.75) is 84.0 Å².